The molecule has 0 radical (unpaired) electrons. The van der Waals surface area contributed by atoms with Crippen LogP contribution in [0, 0.1) is 0 Å². The Balaban J connectivity index is 1.55. The number of esters is 1. The third-order valence-electron chi connectivity index (χ3n) is 4.56. The van der Waals surface area contributed by atoms with Crippen LogP contribution in [0.25, 0.3) is 0 Å². The summed E-state index contributed by atoms with van der Waals surface area (Å²) in [5, 5.41) is 3.70. The number of hydrogen-bond acceptors (Lipinski definition) is 10. The average Bonchev–Trinajstić information content (AvgIpc) is 3.25. The molecule has 1 saturated heterocycles. The lowest BCUT2D eigenvalue weighted by Gasteiger charge is -2.35. The molecule has 9 nitrogen and oxygen atoms in total. The molecule has 1 amide bonds. The lowest BCUT2D eigenvalue weighted by Crippen LogP contribution is -2.50. The Hall–Kier alpha value is -2.66. The first-order valence-electron chi connectivity index (χ1n) is 10.1. The largest absolute Gasteiger partial charge is 0.495 e. The molecule has 0 atom stereocenters. The molecule has 0 bridgehead atoms. The van der Waals surface area contributed by atoms with E-state index in [1.54, 1.807) is 41.5 Å². The maximum absolute atomic E-state index is 12.2. The van der Waals surface area contributed by atoms with Crippen molar-refractivity contribution in [1.82, 2.24) is 9.88 Å². The van der Waals surface area contributed by atoms with E-state index in [1.165, 1.54) is 19.1 Å². The molecule has 2 aromatic rings. The van der Waals surface area contributed by atoms with Crippen molar-refractivity contribution >= 4 is 46.2 Å². The highest BCUT2D eigenvalue weighted by Crippen LogP contribution is 2.32. The number of benzene rings is 1. The normalized spacial score (nSPS) is 14.2. The topological polar surface area (TPSA) is 93.2 Å². The number of hydrogen-bond donors (Lipinski definition) is 1. The Bertz CT molecular complexity index is 952. The summed E-state index contributed by atoms with van der Waals surface area (Å²) in [6, 6.07) is 5.07. The Labute approximate surface area is 196 Å². The van der Waals surface area contributed by atoms with Crippen molar-refractivity contribution in [1.29, 1.82) is 0 Å². The van der Waals surface area contributed by atoms with Crippen molar-refractivity contribution in [3.63, 3.8) is 0 Å². The predicted molar refractivity (Wildman–Crippen MR) is 126 cm³/mol. The Morgan fingerprint density at radius 3 is 2.50 bits per heavy atom. The Kier molecular flexibility index (Phi) is 7.73. The maximum atomic E-state index is 12.2. The van der Waals surface area contributed by atoms with Crippen LogP contribution in [0.1, 0.15) is 31.1 Å². The minimum atomic E-state index is -0.495. The van der Waals surface area contributed by atoms with Gasteiger partial charge in [-0.15, -0.1) is 11.3 Å². The molecule has 0 unspecified atom stereocenters. The fourth-order valence-electron chi connectivity index (χ4n) is 2.98. The van der Waals surface area contributed by atoms with Gasteiger partial charge >= 0.3 is 12.1 Å². The van der Waals surface area contributed by atoms with E-state index in [4.69, 9.17) is 14.2 Å². The number of thiazole rings is 1. The van der Waals surface area contributed by atoms with E-state index in [-0.39, 0.29) is 6.09 Å². The zero-order chi connectivity index (χ0) is 23.3. The predicted octanol–water partition coefficient (Wildman–Crippen LogP) is 4.11. The number of rotatable bonds is 6. The molecule has 32 heavy (non-hydrogen) atoms. The first-order chi connectivity index (χ1) is 15.2. The molecule has 2 heterocycles. The summed E-state index contributed by atoms with van der Waals surface area (Å²) in [5.41, 5.74) is 0.650. The zero-order valence-electron chi connectivity index (χ0n) is 18.8. The molecule has 1 aliphatic rings. The van der Waals surface area contributed by atoms with Crippen LogP contribution in [0.4, 0.5) is 15.6 Å². The monoisotopic (exact) mass is 480 g/mol. The lowest BCUT2D eigenvalue weighted by atomic mass is 10.2. The fourth-order valence-corrected chi connectivity index (χ4v) is 4.63. The molecular weight excluding hydrogens is 452 g/mol. The number of carbonyl (C=O) groups is 2. The number of ether oxygens (including phenoxy) is 3. The summed E-state index contributed by atoms with van der Waals surface area (Å²) in [7, 11) is 2.89. The van der Waals surface area contributed by atoms with E-state index < -0.39 is 11.6 Å². The van der Waals surface area contributed by atoms with Gasteiger partial charge in [0.25, 0.3) is 0 Å². The molecule has 0 saturated carbocycles. The van der Waals surface area contributed by atoms with E-state index in [0.29, 0.717) is 37.5 Å². The van der Waals surface area contributed by atoms with Gasteiger partial charge in [0, 0.05) is 43.5 Å². The quantitative estimate of drug-likeness (QED) is 0.484. The van der Waals surface area contributed by atoms with Gasteiger partial charge in [0.2, 0.25) is 0 Å². The molecule has 11 heteroatoms. The van der Waals surface area contributed by atoms with Crippen LogP contribution >= 0.6 is 23.3 Å². The van der Waals surface area contributed by atoms with E-state index in [2.05, 4.69) is 14.6 Å². The summed E-state index contributed by atoms with van der Waals surface area (Å²) in [6.07, 6.45) is -0.274. The van der Waals surface area contributed by atoms with Gasteiger partial charge in [-0.2, -0.15) is 0 Å². The second-order valence-electron chi connectivity index (χ2n) is 8.03. The van der Waals surface area contributed by atoms with Crippen LogP contribution < -0.4 is 14.4 Å². The van der Waals surface area contributed by atoms with Crippen molar-refractivity contribution in [2.75, 3.05) is 50.0 Å². The highest BCUT2D eigenvalue weighted by molar-refractivity contribution is 8.00. The summed E-state index contributed by atoms with van der Waals surface area (Å²) in [4.78, 5) is 32.5. The molecule has 3 rings (SSSR count). The lowest BCUT2D eigenvalue weighted by molar-refractivity contribution is 0.0240. The van der Waals surface area contributed by atoms with Gasteiger partial charge in [-0.3, -0.25) is 0 Å². The minimum absolute atomic E-state index is 0.274. The van der Waals surface area contributed by atoms with Gasteiger partial charge in [0.1, 0.15) is 16.4 Å². The van der Waals surface area contributed by atoms with Crippen LogP contribution in [-0.4, -0.2) is 67.9 Å². The van der Waals surface area contributed by atoms with Gasteiger partial charge in [-0.05, 0) is 39.0 Å². The van der Waals surface area contributed by atoms with Crippen LogP contribution in [0.2, 0.25) is 0 Å². The molecule has 1 fully saturated rings. The highest BCUT2D eigenvalue weighted by atomic mass is 32.2. The van der Waals surface area contributed by atoms with Gasteiger partial charge in [0.05, 0.1) is 25.5 Å². The number of methoxy groups -OCH3 is 2. The number of nitrogens with one attached hydrogen (secondary N) is 1. The highest BCUT2D eigenvalue weighted by Gasteiger charge is 2.27. The van der Waals surface area contributed by atoms with Crippen molar-refractivity contribution < 1.29 is 23.8 Å². The molecule has 1 aliphatic heterocycles. The van der Waals surface area contributed by atoms with Crippen LogP contribution in [0.3, 0.4) is 0 Å². The second-order valence-corrected chi connectivity index (χ2v) is 9.70. The molecule has 1 aromatic carbocycles. The SMILES string of the molecule is COC(=O)c1ccc(NSc2csc(N3CCN(C(=O)OC(C)(C)C)CC3)n2)c(OC)c1. The molecular formula is C21H28N4O5S2. The fraction of sp³-hybridized carbons (Fsp3) is 0.476. The maximum Gasteiger partial charge on any atom is 0.410 e. The van der Waals surface area contributed by atoms with E-state index in [1.807, 2.05) is 26.2 Å². The molecule has 0 spiro atoms. The van der Waals surface area contributed by atoms with E-state index >= 15 is 0 Å². The summed E-state index contributed by atoms with van der Waals surface area (Å²) >= 11 is 2.92. The smallest absolute Gasteiger partial charge is 0.410 e. The minimum Gasteiger partial charge on any atom is -0.495 e. The molecule has 174 valence electrons. The summed E-state index contributed by atoms with van der Waals surface area (Å²) in [5.74, 6) is 0.118. The first-order valence-corrected chi connectivity index (χ1v) is 11.8. The van der Waals surface area contributed by atoms with Crippen molar-refractivity contribution in [2.24, 2.45) is 0 Å². The van der Waals surface area contributed by atoms with Gasteiger partial charge in [-0.25, -0.2) is 14.6 Å². The third kappa shape index (κ3) is 6.19. The third-order valence-corrected chi connectivity index (χ3v) is 6.35. The number of nitrogens with zero attached hydrogens (tertiary/aromatic N) is 3. The number of carbonyl (C=O) groups excluding carboxylic acids is 2. The van der Waals surface area contributed by atoms with Crippen LogP contribution in [0.5, 0.6) is 5.75 Å². The average molecular weight is 481 g/mol. The van der Waals surface area contributed by atoms with Crippen LogP contribution in [-0.2, 0) is 9.47 Å². The molecule has 1 N–H and O–H groups in total. The summed E-state index contributed by atoms with van der Waals surface area (Å²) in [6.45, 7) is 8.20. The van der Waals surface area contributed by atoms with Crippen molar-refractivity contribution in [3.05, 3.63) is 29.1 Å². The second kappa shape index (κ2) is 10.3. The number of piperazine rings is 1. The number of amides is 1. The van der Waals surface area contributed by atoms with Crippen LogP contribution in [0.15, 0.2) is 28.6 Å². The van der Waals surface area contributed by atoms with Gasteiger partial charge in [-0.1, -0.05) is 0 Å². The van der Waals surface area contributed by atoms with Crippen molar-refractivity contribution in [3.8, 4) is 5.75 Å². The van der Waals surface area contributed by atoms with Gasteiger partial charge < -0.3 is 28.7 Å². The number of anilines is 2. The Morgan fingerprint density at radius 1 is 1.16 bits per heavy atom. The Morgan fingerprint density at radius 2 is 1.88 bits per heavy atom. The van der Waals surface area contributed by atoms with Crippen molar-refractivity contribution in [2.45, 2.75) is 31.4 Å². The number of aromatic nitrogens is 1. The van der Waals surface area contributed by atoms with E-state index in [0.717, 1.165) is 15.8 Å². The zero-order valence-corrected chi connectivity index (χ0v) is 20.5. The summed E-state index contributed by atoms with van der Waals surface area (Å²) < 4.78 is 18.8. The molecule has 1 aromatic heterocycles. The van der Waals surface area contributed by atoms with Gasteiger partial charge in [0.15, 0.2) is 5.13 Å². The molecule has 0 aliphatic carbocycles. The first kappa shape index (κ1) is 24.0. The van der Waals surface area contributed by atoms with E-state index in [9.17, 15) is 9.59 Å². The standard InChI is InChI=1S/C21H28N4O5S2/c1-21(2,3)30-20(27)25-10-8-24(9-11-25)19-22-17(13-31-19)32-23-15-7-6-14(18(26)29-5)12-16(15)28-4/h6-7,12-13,23H,8-11H2,1-5H3.